The Labute approximate surface area is 104 Å². The molecule has 1 fully saturated rings. The number of aliphatic hydroxyl groups excluding tert-OH is 1. The first kappa shape index (κ1) is 12.6. The minimum Gasteiger partial charge on any atom is -0.393 e. The Bertz CT molecular complexity index is 323. The Morgan fingerprint density at radius 3 is 2.82 bits per heavy atom. The Morgan fingerprint density at radius 2 is 2.12 bits per heavy atom. The summed E-state index contributed by atoms with van der Waals surface area (Å²) in [7, 11) is 0. The van der Waals surface area contributed by atoms with Crippen molar-refractivity contribution in [2.45, 2.75) is 32.3 Å². The number of likely N-dealkylation sites (tertiary alicyclic amines) is 1. The molecule has 0 aliphatic carbocycles. The van der Waals surface area contributed by atoms with Crippen molar-refractivity contribution in [1.82, 2.24) is 4.90 Å². The van der Waals surface area contributed by atoms with E-state index < -0.39 is 0 Å². The molecule has 1 aromatic carbocycles. The van der Waals surface area contributed by atoms with Crippen molar-refractivity contribution in [2.75, 3.05) is 19.6 Å². The van der Waals surface area contributed by atoms with Gasteiger partial charge in [-0.1, -0.05) is 30.3 Å². The van der Waals surface area contributed by atoms with Gasteiger partial charge in [-0.05, 0) is 44.2 Å². The fraction of sp³-hybridized carbons (Fsp3) is 0.600. The van der Waals surface area contributed by atoms with E-state index in [1.165, 1.54) is 24.9 Å². The topological polar surface area (TPSA) is 23.5 Å². The van der Waals surface area contributed by atoms with Gasteiger partial charge in [0.1, 0.15) is 0 Å². The quantitative estimate of drug-likeness (QED) is 0.862. The predicted octanol–water partition coefficient (Wildman–Crippen LogP) is 2.32. The molecule has 0 unspecified atom stereocenters. The van der Waals surface area contributed by atoms with Crippen LogP contribution in [0.3, 0.4) is 0 Å². The van der Waals surface area contributed by atoms with Gasteiger partial charge in [0.05, 0.1) is 6.10 Å². The molecule has 17 heavy (non-hydrogen) atoms. The molecule has 1 heterocycles. The summed E-state index contributed by atoms with van der Waals surface area (Å²) in [5.41, 5.74) is 1.41. The third-order valence-electron chi connectivity index (χ3n) is 3.78. The minimum absolute atomic E-state index is 0.158. The van der Waals surface area contributed by atoms with E-state index in [4.69, 9.17) is 0 Å². The molecule has 0 bridgehead atoms. The van der Waals surface area contributed by atoms with Crippen LogP contribution in [-0.4, -0.2) is 35.7 Å². The van der Waals surface area contributed by atoms with E-state index in [2.05, 4.69) is 35.2 Å². The number of benzene rings is 1. The number of rotatable bonds is 4. The number of hydrogen-bond acceptors (Lipinski definition) is 2. The summed E-state index contributed by atoms with van der Waals surface area (Å²) in [5.74, 6) is 0.472. The fourth-order valence-corrected chi connectivity index (χ4v) is 2.62. The first-order valence-electron chi connectivity index (χ1n) is 6.70. The van der Waals surface area contributed by atoms with Crippen LogP contribution in [0, 0.1) is 5.92 Å². The Balaban J connectivity index is 1.79. The van der Waals surface area contributed by atoms with Crippen molar-refractivity contribution in [2.24, 2.45) is 5.92 Å². The van der Waals surface area contributed by atoms with Gasteiger partial charge in [0, 0.05) is 13.1 Å². The highest BCUT2D eigenvalue weighted by molar-refractivity contribution is 5.14. The fourth-order valence-electron chi connectivity index (χ4n) is 2.62. The highest BCUT2D eigenvalue weighted by Crippen LogP contribution is 2.19. The van der Waals surface area contributed by atoms with Crippen molar-refractivity contribution in [3.05, 3.63) is 35.9 Å². The molecule has 0 saturated carbocycles. The third-order valence-corrected chi connectivity index (χ3v) is 3.78. The van der Waals surface area contributed by atoms with Crippen molar-refractivity contribution < 1.29 is 5.11 Å². The number of aliphatic hydroxyl groups is 1. The highest BCUT2D eigenvalue weighted by Gasteiger charge is 2.22. The minimum atomic E-state index is -0.158. The van der Waals surface area contributed by atoms with Crippen LogP contribution in [0.1, 0.15) is 25.3 Å². The number of hydrogen-bond donors (Lipinski definition) is 1. The first-order valence-corrected chi connectivity index (χ1v) is 6.70. The van der Waals surface area contributed by atoms with Crippen molar-refractivity contribution in [3.8, 4) is 0 Å². The lowest BCUT2D eigenvalue weighted by atomic mass is 9.93. The van der Waals surface area contributed by atoms with Crippen molar-refractivity contribution in [1.29, 1.82) is 0 Å². The van der Waals surface area contributed by atoms with Crippen LogP contribution < -0.4 is 0 Å². The molecule has 1 aliphatic heterocycles. The lowest BCUT2D eigenvalue weighted by Crippen LogP contribution is -2.40. The number of piperidine rings is 1. The zero-order valence-corrected chi connectivity index (χ0v) is 10.7. The lowest BCUT2D eigenvalue weighted by molar-refractivity contribution is 0.0634. The summed E-state index contributed by atoms with van der Waals surface area (Å²) >= 11 is 0. The summed E-state index contributed by atoms with van der Waals surface area (Å²) in [6.45, 7) is 5.29. The smallest absolute Gasteiger partial charge is 0.0552 e. The van der Waals surface area contributed by atoms with Crippen LogP contribution in [0.25, 0.3) is 0 Å². The maximum Gasteiger partial charge on any atom is 0.0552 e. The molecule has 1 saturated heterocycles. The van der Waals surface area contributed by atoms with Gasteiger partial charge in [-0.3, -0.25) is 0 Å². The molecule has 2 atom stereocenters. The third kappa shape index (κ3) is 3.83. The van der Waals surface area contributed by atoms with E-state index in [1.807, 2.05) is 6.92 Å². The van der Waals surface area contributed by atoms with Gasteiger partial charge in [0.2, 0.25) is 0 Å². The van der Waals surface area contributed by atoms with E-state index in [9.17, 15) is 5.11 Å². The zero-order valence-electron chi connectivity index (χ0n) is 10.7. The molecule has 1 aromatic rings. The molecule has 0 radical (unpaired) electrons. The highest BCUT2D eigenvalue weighted by atomic mass is 16.3. The van der Waals surface area contributed by atoms with Gasteiger partial charge < -0.3 is 10.0 Å². The predicted molar refractivity (Wildman–Crippen MR) is 71.0 cm³/mol. The summed E-state index contributed by atoms with van der Waals surface area (Å²) < 4.78 is 0. The zero-order chi connectivity index (χ0) is 12.1. The molecule has 0 aromatic heterocycles. The number of nitrogens with zero attached hydrogens (tertiary/aromatic N) is 1. The monoisotopic (exact) mass is 233 g/mol. The van der Waals surface area contributed by atoms with Crippen molar-refractivity contribution in [3.63, 3.8) is 0 Å². The summed E-state index contributed by atoms with van der Waals surface area (Å²) in [6.07, 6.45) is 3.37. The lowest BCUT2D eigenvalue weighted by Gasteiger charge is -2.34. The molecular weight excluding hydrogens is 210 g/mol. The Morgan fingerprint density at radius 1 is 1.35 bits per heavy atom. The van der Waals surface area contributed by atoms with Gasteiger partial charge in [0.15, 0.2) is 0 Å². The molecule has 1 N–H and O–H groups in total. The maximum absolute atomic E-state index is 9.65. The standard InChI is InChI=1S/C15H23NO/c1-13(17)15-8-5-10-16(12-15)11-9-14-6-3-2-4-7-14/h2-4,6-7,13,15,17H,5,8-12H2,1H3/t13-,15+/m1/s1. The maximum atomic E-state index is 9.65. The average molecular weight is 233 g/mol. The van der Waals surface area contributed by atoms with Crippen LogP contribution in [0.15, 0.2) is 30.3 Å². The molecule has 0 amide bonds. The molecule has 94 valence electrons. The normalized spacial score (nSPS) is 23.5. The van der Waals surface area contributed by atoms with E-state index in [0.717, 1.165) is 19.5 Å². The van der Waals surface area contributed by atoms with E-state index in [0.29, 0.717) is 5.92 Å². The Kier molecular flexibility index (Phi) is 4.57. The molecule has 2 heteroatoms. The first-order chi connectivity index (χ1) is 8.25. The molecule has 2 rings (SSSR count). The van der Waals surface area contributed by atoms with Crippen molar-refractivity contribution >= 4 is 0 Å². The summed E-state index contributed by atoms with van der Waals surface area (Å²) in [4.78, 5) is 2.49. The summed E-state index contributed by atoms with van der Waals surface area (Å²) in [5, 5.41) is 9.65. The SMILES string of the molecule is C[C@@H](O)[C@H]1CCCN(CCc2ccccc2)C1. The van der Waals surface area contributed by atoms with Gasteiger partial charge in [-0.25, -0.2) is 0 Å². The second-order valence-corrected chi connectivity index (χ2v) is 5.18. The van der Waals surface area contributed by atoms with E-state index >= 15 is 0 Å². The summed E-state index contributed by atoms with van der Waals surface area (Å²) in [6, 6.07) is 10.6. The second kappa shape index (κ2) is 6.18. The molecule has 2 nitrogen and oxygen atoms in total. The second-order valence-electron chi connectivity index (χ2n) is 5.18. The molecular formula is C15H23NO. The van der Waals surface area contributed by atoms with E-state index in [-0.39, 0.29) is 6.10 Å². The van der Waals surface area contributed by atoms with E-state index in [1.54, 1.807) is 0 Å². The van der Waals surface area contributed by atoms with Gasteiger partial charge in [0.25, 0.3) is 0 Å². The van der Waals surface area contributed by atoms with Gasteiger partial charge in [-0.2, -0.15) is 0 Å². The Hall–Kier alpha value is -0.860. The molecule has 0 spiro atoms. The molecule has 1 aliphatic rings. The average Bonchev–Trinajstić information content (AvgIpc) is 2.38. The van der Waals surface area contributed by atoms with Crippen LogP contribution in [-0.2, 0) is 6.42 Å². The van der Waals surface area contributed by atoms with Crippen LogP contribution >= 0.6 is 0 Å². The van der Waals surface area contributed by atoms with Gasteiger partial charge >= 0.3 is 0 Å². The van der Waals surface area contributed by atoms with Crippen LogP contribution in [0.5, 0.6) is 0 Å². The van der Waals surface area contributed by atoms with Gasteiger partial charge in [-0.15, -0.1) is 0 Å². The van der Waals surface area contributed by atoms with Crippen LogP contribution in [0.2, 0.25) is 0 Å². The largest absolute Gasteiger partial charge is 0.393 e. The van der Waals surface area contributed by atoms with Crippen LogP contribution in [0.4, 0.5) is 0 Å².